The third-order valence-corrected chi connectivity index (χ3v) is 4.99. The van der Waals surface area contributed by atoms with Crippen molar-refractivity contribution >= 4 is 10.9 Å². The number of hydrogen-bond acceptors (Lipinski definition) is 3. The molecule has 1 aliphatic heterocycles. The van der Waals surface area contributed by atoms with Gasteiger partial charge in [-0.05, 0) is 56.5 Å². The van der Waals surface area contributed by atoms with Crippen LogP contribution >= 0.6 is 0 Å². The normalized spacial score (nSPS) is 18.5. The van der Waals surface area contributed by atoms with Crippen LogP contribution in [0.5, 0.6) is 5.75 Å². The SMILES string of the molecule is COCCCn1c(C2CCCNC2)c(C)c2cc(OC)ccc21. The molecular weight excluding hydrogens is 288 g/mol. The molecule has 1 aliphatic rings. The zero-order valence-electron chi connectivity index (χ0n) is 14.5. The zero-order chi connectivity index (χ0) is 16.2. The molecule has 4 nitrogen and oxygen atoms in total. The number of fused-ring (bicyclic) bond motifs is 1. The number of ether oxygens (including phenoxy) is 2. The van der Waals surface area contributed by atoms with Crippen molar-refractivity contribution in [1.29, 1.82) is 0 Å². The van der Waals surface area contributed by atoms with E-state index in [0.29, 0.717) is 5.92 Å². The molecule has 3 rings (SSSR count). The Morgan fingerprint density at radius 3 is 2.87 bits per heavy atom. The fourth-order valence-electron chi connectivity index (χ4n) is 3.87. The second-order valence-corrected chi connectivity index (χ2v) is 6.43. The molecule has 1 unspecified atom stereocenters. The predicted molar refractivity (Wildman–Crippen MR) is 94.6 cm³/mol. The third-order valence-electron chi connectivity index (χ3n) is 4.99. The highest BCUT2D eigenvalue weighted by Crippen LogP contribution is 2.35. The van der Waals surface area contributed by atoms with E-state index in [2.05, 4.69) is 35.0 Å². The van der Waals surface area contributed by atoms with Gasteiger partial charge in [0.2, 0.25) is 0 Å². The van der Waals surface area contributed by atoms with Gasteiger partial charge >= 0.3 is 0 Å². The number of piperidine rings is 1. The fourth-order valence-corrected chi connectivity index (χ4v) is 3.87. The number of hydrogen-bond donors (Lipinski definition) is 1. The topological polar surface area (TPSA) is 35.4 Å². The Labute approximate surface area is 138 Å². The molecule has 1 N–H and O–H groups in total. The van der Waals surface area contributed by atoms with E-state index < -0.39 is 0 Å². The summed E-state index contributed by atoms with van der Waals surface area (Å²) in [6.07, 6.45) is 3.57. The molecule has 4 heteroatoms. The Morgan fingerprint density at radius 1 is 1.30 bits per heavy atom. The molecule has 2 heterocycles. The van der Waals surface area contributed by atoms with E-state index in [1.165, 1.54) is 35.0 Å². The maximum Gasteiger partial charge on any atom is 0.119 e. The van der Waals surface area contributed by atoms with Crippen molar-refractivity contribution in [3.05, 3.63) is 29.5 Å². The van der Waals surface area contributed by atoms with E-state index in [4.69, 9.17) is 9.47 Å². The van der Waals surface area contributed by atoms with Crippen LogP contribution in [0.15, 0.2) is 18.2 Å². The van der Waals surface area contributed by atoms with Crippen molar-refractivity contribution in [2.24, 2.45) is 0 Å². The zero-order valence-corrected chi connectivity index (χ0v) is 14.5. The van der Waals surface area contributed by atoms with Crippen molar-refractivity contribution in [3.8, 4) is 5.75 Å². The number of nitrogens with zero attached hydrogens (tertiary/aromatic N) is 1. The highest BCUT2D eigenvalue weighted by atomic mass is 16.5. The minimum Gasteiger partial charge on any atom is -0.497 e. The van der Waals surface area contributed by atoms with Crippen LogP contribution in [0, 0.1) is 6.92 Å². The predicted octanol–water partition coefficient (Wildman–Crippen LogP) is 3.46. The second kappa shape index (κ2) is 7.37. The Balaban J connectivity index is 2.06. The minimum absolute atomic E-state index is 0.602. The summed E-state index contributed by atoms with van der Waals surface area (Å²) in [5.74, 6) is 1.53. The van der Waals surface area contributed by atoms with Crippen molar-refractivity contribution < 1.29 is 9.47 Å². The van der Waals surface area contributed by atoms with Gasteiger partial charge in [-0.25, -0.2) is 0 Å². The average Bonchev–Trinajstić information content (AvgIpc) is 2.87. The van der Waals surface area contributed by atoms with Gasteiger partial charge in [0.15, 0.2) is 0 Å². The van der Waals surface area contributed by atoms with Gasteiger partial charge in [0.05, 0.1) is 7.11 Å². The average molecular weight is 316 g/mol. The monoisotopic (exact) mass is 316 g/mol. The fraction of sp³-hybridized carbons (Fsp3) is 0.579. The van der Waals surface area contributed by atoms with Gasteiger partial charge < -0.3 is 19.4 Å². The van der Waals surface area contributed by atoms with Crippen molar-refractivity contribution in [2.75, 3.05) is 33.9 Å². The molecule has 126 valence electrons. The number of benzene rings is 1. The van der Waals surface area contributed by atoms with Crippen molar-refractivity contribution in [1.82, 2.24) is 9.88 Å². The molecule has 1 atom stereocenters. The van der Waals surface area contributed by atoms with Crippen LogP contribution in [0.3, 0.4) is 0 Å². The van der Waals surface area contributed by atoms with Crippen LogP contribution in [0.25, 0.3) is 10.9 Å². The lowest BCUT2D eigenvalue weighted by atomic mass is 9.93. The summed E-state index contributed by atoms with van der Waals surface area (Å²) in [7, 11) is 3.51. The summed E-state index contributed by atoms with van der Waals surface area (Å²) in [6.45, 7) is 6.30. The summed E-state index contributed by atoms with van der Waals surface area (Å²) in [4.78, 5) is 0. The van der Waals surface area contributed by atoms with Crippen molar-refractivity contribution in [3.63, 3.8) is 0 Å². The first-order valence-electron chi connectivity index (χ1n) is 8.62. The molecule has 1 aromatic heterocycles. The maximum atomic E-state index is 5.43. The van der Waals surface area contributed by atoms with E-state index in [1.54, 1.807) is 14.2 Å². The summed E-state index contributed by atoms with van der Waals surface area (Å²) in [5, 5.41) is 4.88. The molecule has 2 aromatic rings. The summed E-state index contributed by atoms with van der Waals surface area (Å²) in [6, 6.07) is 6.45. The van der Waals surface area contributed by atoms with Gasteiger partial charge in [-0.15, -0.1) is 0 Å². The van der Waals surface area contributed by atoms with Gasteiger partial charge in [-0.1, -0.05) is 0 Å². The largest absolute Gasteiger partial charge is 0.497 e. The maximum absolute atomic E-state index is 5.43. The van der Waals surface area contributed by atoms with Crippen LogP contribution in [0.1, 0.15) is 36.4 Å². The lowest BCUT2D eigenvalue weighted by Gasteiger charge is -2.25. The van der Waals surface area contributed by atoms with Crippen LogP contribution in [0.4, 0.5) is 0 Å². The summed E-state index contributed by atoms with van der Waals surface area (Å²) in [5.41, 5.74) is 4.22. The van der Waals surface area contributed by atoms with Crippen LogP contribution in [0.2, 0.25) is 0 Å². The molecule has 0 radical (unpaired) electrons. The quantitative estimate of drug-likeness (QED) is 0.829. The molecule has 0 aliphatic carbocycles. The molecule has 0 spiro atoms. The molecule has 0 saturated carbocycles. The minimum atomic E-state index is 0.602. The van der Waals surface area contributed by atoms with Gasteiger partial charge in [-0.2, -0.15) is 0 Å². The molecule has 1 saturated heterocycles. The second-order valence-electron chi connectivity index (χ2n) is 6.43. The van der Waals surface area contributed by atoms with Gasteiger partial charge in [-0.3, -0.25) is 0 Å². The number of methoxy groups -OCH3 is 2. The van der Waals surface area contributed by atoms with Crippen LogP contribution in [-0.4, -0.2) is 38.5 Å². The number of nitrogens with one attached hydrogen (secondary N) is 1. The summed E-state index contributed by atoms with van der Waals surface area (Å²) >= 11 is 0. The number of aromatic nitrogens is 1. The molecule has 0 bridgehead atoms. The Kier molecular flexibility index (Phi) is 5.23. The van der Waals surface area contributed by atoms with Gasteiger partial charge in [0, 0.05) is 49.3 Å². The molecule has 1 fully saturated rings. The van der Waals surface area contributed by atoms with E-state index in [-0.39, 0.29) is 0 Å². The molecule has 23 heavy (non-hydrogen) atoms. The standard InChI is InChI=1S/C19H28N2O2/c1-14-17-12-16(23-3)7-8-18(17)21(10-5-11-22-2)19(14)15-6-4-9-20-13-15/h7-8,12,15,20H,4-6,9-11,13H2,1-3H3. The van der Waals surface area contributed by atoms with Gasteiger partial charge in [0.1, 0.15) is 5.75 Å². The van der Waals surface area contributed by atoms with Gasteiger partial charge in [0.25, 0.3) is 0 Å². The lowest BCUT2D eigenvalue weighted by molar-refractivity contribution is 0.190. The third kappa shape index (κ3) is 3.24. The Morgan fingerprint density at radius 2 is 2.17 bits per heavy atom. The molecule has 1 aromatic carbocycles. The van der Waals surface area contributed by atoms with E-state index in [0.717, 1.165) is 38.4 Å². The highest BCUT2D eigenvalue weighted by molar-refractivity contribution is 5.87. The molecular formula is C19H28N2O2. The first-order valence-corrected chi connectivity index (χ1v) is 8.62. The molecule has 0 amide bonds. The van der Waals surface area contributed by atoms with E-state index in [1.807, 2.05) is 0 Å². The number of aryl methyl sites for hydroxylation is 2. The Hall–Kier alpha value is -1.52. The Bertz CT molecular complexity index is 657. The highest BCUT2D eigenvalue weighted by Gasteiger charge is 2.23. The first kappa shape index (κ1) is 16.3. The lowest BCUT2D eigenvalue weighted by Crippen LogP contribution is -2.30. The smallest absolute Gasteiger partial charge is 0.119 e. The van der Waals surface area contributed by atoms with Crippen LogP contribution in [-0.2, 0) is 11.3 Å². The number of rotatable bonds is 6. The summed E-state index contributed by atoms with van der Waals surface area (Å²) < 4.78 is 13.2. The van der Waals surface area contributed by atoms with Crippen molar-refractivity contribution in [2.45, 2.75) is 38.6 Å². The van der Waals surface area contributed by atoms with E-state index in [9.17, 15) is 0 Å². The first-order chi connectivity index (χ1) is 11.3. The van der Waals surface area contributed by atoms with E-state index >= 15 is 0 Å². The van der Waals surface area contributed by atoms with Crippen LogP contribution < -0.4 is 10.1 Å².